The molecule has 1 aliphatic heterocycles. The predicted molar refractivity (Wildman–Crippen MR) is 90.0 cm³/mol. The molecule has 0 aliphatic carbocycles. The fraction of sp³-hybridized carbons (Fsp3) is 0.222. The van der Waals surface area contributed by atoms with Gasteiger partial charge in [-0.3, -0.25) is 9.59 Å². The molecule has 0 aromatic heterocycles. The molecule has 6 heteroatoms. The minimum atomic E-state index is -0.422. The summed E-state index contributed by atoms with van der Waals surface area (Å²) in [7, 11) is 0. The maximum Gasteiger partial charge on any atom is 0.229 e. The Morgan fingerprint density at radius 3 is 2.62 bits per heavy atom. The molecule has 1 unspecified atom stereocenters. The summed E-state index contributed by atoms with van der Waals surface area (Å²) in [6.45, 7) is 0.710. The van der Waals surface area contributed by atoms with Crippen LogP contribution in [-0.4, -0.2) is 23.3 Å². The second kappa shape index (κ2) is 7.01. The number of likely N-dealkylation sites (tertiary alicyclic amines) is 1. The number of carbonyl (C=O) groups excluding carboxylic acids is 2. The number of benzene rings is 2. The third-order valence-corrected chi connectivity index (χ3v) is 4.33. The Hall–Kier alpha value is -2.40. The fourth-order valence-electron chi connectivity index (χ4n) is 2.71. The molecule has 0 bridgehead atoms. The van der Waals surface area contributed by atoms with Gasteiger partial charge in [0.2, 0.25) is 11.8 Å². The molecule has 1 N–H and O–H groups in total. The number of nitrogens with zero attached hydrogens (tertiary/aromatic N) is 1. The van der Waals surface area contributed by atoms with Gasteiger partial charge in [0.25, 0.3) is 0 Å². The topological polar surface area (TPSA) is 49.4 Å². The van der Waals surface area contributed by atoms with Gasteiger partial charge in [-0.25, -0.2) is 4.39 Å². The number of halogens is 2. The van der Waals surface area contributed by atoms with Crippen LogP contribution in [0.15, 0.2) is 48.5 Å². The molecule has 124 valence electrons. The van der Waals surface area contributed by atoms with Crippen LogP contribution in [-0.2, 0) is 16.1 Å². The molecule has 1 aliphatic rings. The summed E-state index contributed by atoms with van der Waals surface area (Å²) < 4.78 is 12.9. The molecule has 1 saturated heterocycles. The van der Waals surface area contributed by atoms with Gasteiger partial charge in [0.05, 0.1) is 16.6 Å². The third kappa shape index (κ3) is 3.74. The molecule has 2 amide bonds. The van der Waals surface area contributed by atoms with Crippen molar-refractivity contribution in [1.29, 1.82) is 0 Å². The van der Waals surface area contributed by atoms with E-state index in [1.165, 1.54) is 12.1 Å². The maximum atomic E-state index is 12.9. The molecule has 1 fully saturated rings. The summed E-state index contributed by atoms with van der Waals surface area (Å²) in [6, 6.07) is 13.0. The van der Waals surface area contributed by atoms with E-state index in [9.17, 15) is 14.0 Å². The largest absolute Gasteiger partial charge is 0.338 e. The zero-order valence-electron chi connectivity index (χ0n) is 12.8. The van der Waals surface area contributed by atoms with Gasteiger partial charge in [0, 0.05) is 19.5 Å². The molecule has 0 spiro atoms. The first-order valence-electron chi connectivity index (χ1n) is 7.60. The molecule has 24 heavy (non-hydrogen) atoms. The fourth-order valence-corrected chi connectivity index (χ4v) is 2.89. The molecule has 4 nitrogen and oxygen atoms in total. The van der Waals surface area contributed by atoms with Gasteiger partial charge in [0.1, 0.15) is 5.82 Å². The highest BCUT2D eigenvalue weighted by Crippen LogP contribution is 2.25. The highest BCUT2D eigenvalue weighted by molar-refractivity contribution is 6.33. The van der Waals surface area contributed by atoms with Crippen LogP contribution in [0.2, 0.25) is 5.02 Å². The Bertz CT molecular complexity index is 764. The summed E-state index contributed by atoms with van der Waals surface area (Å²) in [6.07, 6.45) is 0.164. The number of anilines is 1. The average Bonchev–Trinajstić information content (AvgIpc) is 2.93. The van der Waals surface area contributed by atoms with E-state index in [1.54, 1.807) is 41.3 Å². The average molecular weight is 347 g/mol. The van der Waals surface area contributed by atoms with Gasteiger partial charge < -0.3 is 10.2 Å². The Kier molecular flexibility index (Phi) is 4.81. The van der Waals surface area contributed by atoms with Crippen LogP contribution in [0.25, 0.3) is 0 Å². The molecule has 2 aromatic carbocycles. The first-order valence-corrected chi connectivity index (χ1v) is 7.98. The Balaban J connectivity index is 1.62. The summed E-state index contributed by atoms with van der Waals surface area (Å²) in [4.78, 5) is 26.1. The minimum Gasteiger partial charge on any atom is -0.338 e. The van der Waals surface area contributed by atoms with Gasteiger partial charge in [-0.15, -0.1) is 0 Å². The van der Waals surface area contributed by atoms with E-state index < -0.39 is 5.92 Å². The second-order valence-electron chi connectivity index (χ2n) is 5.77. The van der Waals surface area contributed by atoms with Crippen LogP contribution < -0.4 is 5.32 Å². The van der Waals surface area contributed by atoms with Crippen LogP contribution in [0.3, 0.4) is 0 Å². The molecular formula is C18H16ClFN2O2. The van der Waals surface area contributed by atoms with E-state index in [4.69, 9.17) is 11.6 Å². The number of rotatable bonds is 4. The van der Waals surface area contributed by atoms with Gasteiger partial charge in [0.15, 0.2) is 0 Å². The Labute approximate surface area is 144 Å². The van der Waals surface area contributed by atoms with Gasteiger partial charge >= 0.3 is 0 Å². The number of nitrogens with one attached hydrogen (secondary N) is 1. The van der Waals surface area contributed by atoms with E-state index in [0.717, 1.165) is 5.56 Å². The van der Waals surface area contributed by atoms with Crippen molar-refractivity contribution in [3.05, 3.63) is 64.9 Å². The SMILES string of the molecule is O=C(Nc1ccccc1Cl)C1CC(=O)N(Cc2ccc(F)cc2)C1. The van der Waals surface area contributed by atoms with Crippen LogP contribution in [0.1, 0.15) is 12.0 Å². The number of carbonyl (C=O) groups is 2. The van der Waals surface area contributed by atoms with Crippen molar-refractivity contribution in [3.63, 3.8) is 0 Å². The molecule has 1 heterocycles. The van der Waals surface area contributed by atoms with Crippen molar-refractivity contribution in [1.82, 2.24) is 4.90 Å². The highest BCUT2D eigenvalue weighted by atomic mass is 35.5. The van der Waals surface area contributed by atoms with E-state index in [-0.39, 0.29) is 24.1 Å². The molecule has 1 atom stereocenters. The summed E-state index contributed by atoms with van der Waals surface area (Å²) >= 11 is 6.03. The van der Waals surface area contributed by atoms with E-state index in [1.807, 2.05) is 0 Å². The van der Waals surface area contributed by atoms with Crippen molar-refractivity contribution in [2.24, 2.45) is 5.92 Å². The van der Waals surface area contributed by atoms with Crippen molar-refractivity contribution in [2.45, 2.75) is 13.0 Å². The second-order valence-corrected chi connectivity index (χ2v) is 6.18. The van der Waals surface area contributed by atoms with E-state index in [2.05, 4.69) is 5.32 Å². The third-order valence-electron chi connectivity index (χ3n) is 4.00. The lowest BCUT2D eigenvalue weighted by molar-refractivity contribution is -0.128. The summed E-state index contributed by atoms with van der Waals surface area (Å²) in [5.74, 6) is -1.05. The lowest BCUT2D eigenvalue weighted by Gasteiger charge is -2.17. The molecule has 3 rings (SSSR count). The lowest BCUT2D eigenvalue weighted by atomic mass is 10.1. The Morgan fingerprint density at radius 1 is 1.21 bits per heavy atom. The Morgan fingerprint density at radius 2 is 1.92 bits per heavy atom. The molecule has 0 radical (unpaired) electrons. The van der Waals surface area contributed by atoms with Crippen LogP contribution in [0, 0.1) is 11.7 Å². The molecular weight excluding hydrogens is 331 g/mol. The normalized spacial score (nSPS) is 17.2. The molecule has 2 aromatic rings. The maximum absolute atomic E-state index is 12.9. The number of amides is 2. The van der Waals surface area contributed by atoms with Crippen molar-refractivity contribution in [2.75, 3.05) is 11.9 Å². The first kappa shape index (κ1) is 16.5. The zero-order valence-corrected chi connectivity index (χ0v) is 13.6. The van der Waals surface area contributed by atoms with Crippen LogP contribution >= 0.6 is 11.6 Å². The summed E-state index contributed by atoms with van der Waals surface area (Å²) in [5.41, 5.74) is 1.37. The monoisotopic (exact) mass is 346 g/mol. The number of hydrogen-bond acceptors (Lipinski definition) is 2. The number of para-hydroxylation sites is 1. The van der Waals surface area contributed by atoms with Gasteiger partial charge in [-0.2, -0.15) is 0 Å². The quantitative estimate of drug-likeness (QED) is 0.921. The van der Waals surface area contributed by atoms with Gasteiger partial charge in [-0.1, -0.05) is 35.9 Å². The number of hydrogen-bond donors (Lipinski definition) is 1. The first-order chi connectivity index (χ1) is 11.5. The highest BCUT2D eigenvalue weighted by Gasteiger charge is 2.34. The van der Waals surface area contributed by atoms with E-state index >= 15 is 0 Å². The smallest absolute Gasteiger partial charge is 0.229 e. The minimum absolute atomic E-state index is 0.0846. The van der Waals surface area contributed by atoms with Crippen LogP contribution in [0.4, 0.5) is 10.1 Å². The van der Waals surface area contributed by atoms with E-state index in [0.29, 0.717) is 23.8 Å². The summed E-state index contributed by atoms with van der Waals surface area (Å²) in [5, 5.41) is 3.22. The van der Waals surface area contributed by atoms with Crippen LogP contribution in [0.5, 0.6) is 0 Å². The predicted octanol–water partition coefficient (Wildman–Crippen LogP) is 3.47. The van der Waals surface area contributed by atoms with Crippen molar-refractivity contribution in [3.8, 4) is 0 Å². The van der Waals surface area contributed by atoms with Crippen molar-refractivity contribution < 1.29 is 14.0 Å². The van der Waals surface area contributed by atoms with Crippen molar-refractivity contribution >= 4 is 29.1 Å². The zero-order chi connectivity index (χ0) is 17.1. The standard InChI is InChI=1S/C18H16ClFN2O2/c19-15-3-1-2-4-16(15)21-18(24)13-9-17(23)22(11-13)10-12-5-7-14(20)8-6-12/h1-8,13H,9-11H2,(H,21,24). The molecule has 0 saturated carbocycles. The van der Waals surface area contributed by atoms with Gasteiger partial charge in [-0.05, 0) is 29.8 Å². The lowest BCUT2D eigenvalue weighted by Crippen LogP contribution is -2.28.